The number of methoxy groups -OCH3 is 1. The van der Waals surface area contributed by atoms with Gasteiger partial charge in [-0.15, -0.1) is 5.10 Å². The number of tetrazole rings is 1. The van der Waals surface area contributed by atoms with Crippen LogP contribution in [0.4, 0.5) is 0 Å². The second kappa shape index (κ2) is 12.1. The van der Waals surface area contributed by atoms with Crippen molar-refractivity contribution >= 4 is 10.9 Å². The molecule has 1 aliphatic carbocycles. The van der Waals surface area contributed by atoms with Gasteiger partial charge in [0.25, 0.3) is 5.56 Å². The van der Waals surface area contributed by atoms with Crippen molar-refractivity contribution in [2.24, 2.45) is 0 Å². The molecular weight excluding hydrogens is 538 g/mol. The molecule has 1 atom stereocenters. The SMILES string of the molecule is COc1ccc2[nH]c(=O)c([C@H](c3nnnn3C3CCCC3)N3CCN(C(c4ccccc4)c4ccccc4)CC3)cc2c1. The van der Waals surface area contributed by atoms with Gasteiger partial charge in [-0.25, -0.2) is 4.68 Å². The summed E-state index contributed by atoms with van der Waals surface area (Å²) in [6.07, 6.45) is 4.45. The summed E-state index contributed by atoms with van der Waals surface area (Å²) in [5, 5.41) is 14.1. The molecule has 0 amide bonds. The summed E-state index contributed by atoms with van der Waals surface area (Å²) in [5.74, 6) is 1.50. The summed E-state index contributed by atoms with van der Waals surface area (Å²) in [6.45, 7) is 3.23. The molecule has 3 heterocycles. The molecule has 0 spiro atoms. The van der Waals surface area contributed by atoms with E-state index >= 15 is 0 Å². The lowest BCUT2D eigenvalue weighted by Crippen LogP contribution is -2.50. The number of nitrogens with zero attached hydrogens (tertiary/aromatic N) is 6. The van der Waals surface area contributed by atoms with Crippen LogP contribution in [0.2, 0.25) is 0 Å². The number of nitrogens with one attached hydrogen (secondary N) is 1. The molecule has 9 heteroatoms. The predicted molar refractivity (Wildman–Crippen MR) is 166 cm³/mol. The first-order valence-electron chi connectivity index (χ1n) is 15.3. The van der Waals surface area contributed by atoms with E-state index in [1.54, 1.807) is 7.11 Å². The minimum Gasteiger partial charge on any atom is -0.497 e. The van der Waals surface area contributed by atoms with Crippen LogP contribution in [0, 0.1) is 0 Å². The molecule has 9 nitrogen and oxygen atoms in total. The summed E-state index contributed by atoms with van der Waals surface area (Å²) in [5.41, 5.74) is 3.89. The number of H-pyrrole nitrogens is 1. The van der Waals surface area contributed by atoms with Crippen molar-refractivity contribution in [2.75, 3.05) is 33.3 Å². The van der Waals surface area contributed by atoms with Gasteiger partial charge in [0.1, 0.15) is 11.8 Å². The van der Waals surface area contributed by atoms with Crippen molar-refractivity contribution in [3.63, 3.8) is 0 Å². The van der Waals surface area contributed by atoms with Crippen molar-refractivity contribution in [3.05, 3.63) is 118 Å². The first-order valence-corrected chi connectivity index (χ1v) is 15.3. The van der Waals surface area contributed by atoms with Crippen molar-refractivity contribution in [1.82, 2.24) is 35.0 Å². The number of aromatic nitrogens is 5. The molecule has 1 aliphatic heterocycles. The van der Waals surface area contributed by atoms with Gasteiger partial charge in [0.05, 0.1) is 19.2 Å². The Labute approximate surface area is 251 Å². The molecule has 2 aromatic heterocycles. The van der Waals surface area contributed by atoms with Gasteiger partial charge in [0.15, 0.2) is 5.82 Å². The van der Waals surface area contributed by atoms with Crippen molar-refractivity contribution in [3.8, 4) is 5.75 Å². The number of piperazine rings is 1. The molecule has 1 saturated carbocycles. The molecule has 3 aromatic carbocycles. The number of aromatic amines is 1. The molecule has 43 heavy (non-hydrogen) atoms. The average Bonchev–Trinajstić information content (AvgIpc) is 3.76. The van der Waals surface area contributed by atoms with E-state index in [1.807, 2.05) is 28.9 Å². The third-order valence-corrected chi connectivity index (χ3v) is 9.12. The standard InChI is InChI=1S/C34H37N7O2/c1-43-28-16-17-30-26(22-28)23-29(34(42)35-30)32(33-36-37-38-41(33)27-14-8-9-15-27)40-20-18-39(19-21-40)31(24-10-4-2-5-11-24)25-12-6-3-7-13-25/h2-7,10-13,16-17,22-23,27,31-32H,8-9,14-15,18-21H2,1H3,(H,35,42)/t32-/m1/s1. The topological polar surface area (TPSA) is 92.2 Å². The molecular formula is C34H37N7O2. The number of hydrogen-bond acceptors (Lipinski definition) is 7. The highest BCUT2D eigenvalue weighted by atomic mass is 16.5. The second-order valence-corrected chi connectivity index (χ2v) is 11.6. The third-order valence-electron chi connectivity index (χ3n) is 9.12. The molecule has 0 bridgehead atoms. The van der Waals surface area contributed by atoms with E-state index in [0.29, 0.717) is 5.56 Å². The second-order valence-electron chi connectivity index (χ2n) is 11.6. The van der Waals surface area contributed by atoms with Gasteiger partial charge in [-0.2, -0.15) is 0 Å². The van der Waals surface area contributed by atoms with Crippen molar-refractivity contribution < 1.29 is 4.74 Å². The Morgan fingerprint density at radius 2 is 1.44 bits per heavy atom. The normalized spacial score (nSPS) is 17.5. The average molecular weight is 576 g/mol. The number of benzene rings is 3. The van der Waals surface area contributed by atoms with Gasteiger partial charge in [-0.3, -0.25) is 14.6 Å². The first kappa shape index (κ1) is 27.5. The summed E-state index contributed by atoms with van der Waals surface area (Å²) in [6, 6.07) is 29.2. The lowest BCUT2D eigenvalue weighted by atomic mass is 9.96. The molecule has 1 saturated heterocycles. The highest BCUT2D eigenvalue weighted by Gasteiger charge is 2.36. The fourth-order valence-corrected chi connectivity index (χ4v) is 6.96. The zero-order valence-electron chi connectivity index (χ0n) is 24.5. The van der Waals surface area contributed by atoms with E-state index in [9.17, 15) is 4.79 Å². The summed E-state index contributed by atoms with van der Waals surface area (Å²) in [7, 11) is 1.66. The largest absolute Gasteiger partial charge is 0.497 e. The van der Waals surface area contributed by atoms with Gasteiger partial charge in [-0.05, 0) is 58.7 Å². The molecule has 7 rings (SSSR count). The Kier molecular flexibility index (Phi) is 7.74. The van der Waals surface area contributed by atoms with Crippen LogP contribution < -0.4 is 10.3 Å². The van der Waals surface area contributed by atoms with Crippen LogP contribution in [0.15, 0.2) is 89.7 Å². The Bertz CT molecular complexity index is 1680. The first-order chi connectivity index (χ1) is 21.2. The van der Waals surface area contributed by atoms with Gasteiger partial charge in [0.2, 0.25) is 0 Å². The minimum absolute atomic E-state index is 0.113. The molecule has 2 aliphatic rings. The molecule has 220 valence electrons. The lowest BCUT2D eigenvalue weighted by Gasteiger charge is -2.42. The number of fused-ring (bicyclic) bond motifs is 1. The summed E-state index contributed by atoms with van der Waals surface area (Å²) < 4.78 is 7.49. The Morgan fingerprint density at radius 3 is 2.07 bits per heavy atom. The third kappa shape index (κ3) is 5.46. The monoisotopic (exact) mass is 575 g/mol. The lowest BCUT2D eigenvalue weighted by molar-refractivity contribution is 0.0850. The molecule has 1 N–H and O–H groups in total. The van der Waals surface area contributed by atoms with Gasteiger partial charge in [-0.1, -0.05) is 73.5 Å². The van der Waals surface area contributed by atoms with Gasteiger partial charge >= 0.3 is 0 Å². The van der Waals surface area contributed by atoms with E-state index in [2.05, 4.69) is 91.0 Å². The van der Waals surface area contributed by atoms with Crippen LogP contribution in [0.1, 0.15) is 66.3 Å². The summed E-state index contributed by atoms with van der Waals surface area (Å²) in [4.78, 5) is 21.8. The highest BCUT2D eigenvalue weighted by molar-refractivity contribution is 5.80. The van der Waals surface area contributed by atoms with Crippen LogP contribution in [0.3, 0.4) is 0 Å². The maximum absolute atomic E-state index is 13.7. The Hall–Kier alpha value is -4.34. The molecule has 5 aromatic rings. The highest BCUT2D eigenvalue weighted by Crippen LogP contribution is 2.36. The number of hydrogen-bond donors (Lipinski definition) is 1. The fraction of sp³-hybridized carbons (Fsp3) is 0.353. The van der Waals surface area contributed by atoms with Crippen LogP contribution in [0.25, 0.3) is 10.9 Å². The summed E-state index contributed by atoms with van der Waals surface area (Å²) >= 11 is 0. The predicted octanol–water partition coefficient (Wildman–Crippen LogP) is 5.13. The van der Waals surface area contributed by atoms with E-state index in [-0.39, 0.29) is 23.7 Å². The van der Waals surface area contributed by atoms with E-state index in [4.69, 9.17) is 4.74 Å². The maximum Gasteiger partial charge on any atom is 0.253 e. The van der Waals surface area contributed by atoms with Crippen molar-refractivity contribution in [2.45, 2.75) is 43.8 Å². The number of ether oxygens (including phenoxy) is 1. The zero-order valence-corrected chi connectivity index (χ0v) is 24.5. The number of rotatable bonds is 8. The van der Waals surface area contributed by atoms with Gasteiger partial charge < -0.3 is 9.72 Å². The molecule has 0 radical (unpaired) electrons. The van der Waals surface area contributed by atoms with E-state index in [0.717, 1.165) is 61.5 Å². The van der Waals surface area contributed by atoms with Crippen LogP contribution in [0.5, 0.6) is 5.75 Å². The van der Waals surface area contributed by atoms with E-state index in [1.165, 1.54) is 24.0 Å². The molecule has 0 unspecified atom stereocenters. The van der Waals surface area contributed by atoms with Crippen LogP contribution >= 0.6 is 0 Å². The Balaban J connectivity index is 1.25. The van der Waals surface area contributed by atoms with E-state index < -0.39 is 0 Å². The number of pyridine rings is 1. The van der Waals surface area contributed by atoms with Crippen LogP contribution in [-0.2, 0) is 0 Å². The maximum atomic E-state index is 13.7. The smallest absolute Gasteiger partial charge is 0.253 e. The van der Waals surface area contributed by atoms with Gasteiger partial charge in [0, 0.05) is 42.6 Å². The quantitative estimate of drug-likeness (QED) is 0.274. The minimum atomic E-state index is -0.371. The zero-order chi connectivity index (χ0) is 29.2. The fourth-order valence-electron chi connectivity index (χ4n) is 6.96. The Morgan fingerprint density at radius 1 is 0.814 bits per heavy atom. The molecule has 2 fully saturated rings. The van der Waals surface area contributed by atoms with Crippen LogP contribution in [-0.4, -0.2) is 68.3 Å². The van der Waals surface area contributed by atoms with Crippen molar-refractivity contribution in [1.29, 1.82) is 0 Å².